The van der Waals surface area contributed by atoms with Gasteiger partial charge in [-0.15, -0.1) is 0 Å². The third-order valence-electron chi connectivity index (χ3n) is 3.35. The van der Waals surface area contributed by atoms with Crippen LogP contribution >= 0.6 is 0 Å². The third kappa shape index (κ3) is 3.14. The Balaban J connectivity index is 2.08. The SMILES string of the molecule is CNc1nc(Nc2cnccn2)cc2ccn(CC(F)F)c(=O)c12. The zero-order chi connectivity index (χ0) is 17.1. The summed E-state index contributed by atoms with van der Waals surface area (Å²) in [6.45, 7) is -0.655. The van der Waals surface area contributed by atoms with E-state index in [1.54, 1.807) is 25.4 Å². The van der Waals surface area contributed by atoms with E-state index in [-0.39, 0.29) is 5.39 Å². The van der Waals surface area contributed by atoms with Crippen molar-refractivity contribution in [2.45, 2.75) is 13.0 Å². The lowest BCUT2D eigenvalue weighted by molar-refractivity contribution is 0.125. The maximum absolute atomic E-state index is 12.6. The number of nitrogens with zero attached hydrogens (tertiary/aromatic N) is 4. The molecule has 3 aromatic heterocycles. The van der Waals surface area contributed by atoms with Crippen LogP contribution in [0, 0.1) is 0 Å². The van der Waals surface area contributed by atoms with Crippen LogP contribution in [0.5, 0.6) is 0 Å². The van der Waals surface area contributed by atoms with Gasteiger partial charge in [-0.25, -0.2) is 18.7 Å². The first-order valence-electron chi connectivity index (χ1n) is 7.11. The Hall–Kier alpha value is -3.10. The van der Waals surface area contributed by atoms with Gasteiger partial charge < -0.3 is 15.2 Å². The number of rotatable bonds is 5. The summed E-state index contributed by atoms with van der Waals surface area (Å²) in [5, 5.41) is 6.65. The number of nitrogens with one attached hydrogen (secondary N) is 2. The third-order valence-corrected chi connectivity index (χ3v) is 3.35. The molecule has 0 bridgehead atoms. The van der Waals surface area contributed by atoms with Crippen LogP contribution in [-0.2, 0) is 6.54 Å². The molecule has 0 amide bonds. The minimum Gasteiger partial charge on any atom is -0.372 e. The van der Waals surface area contributed by atoms with E-state index in [2.05, 4.69) is 25.6 Å². The second-order valence-electron chi connectivity index (χ2n) is 4.95. The van der Waals surface area contributed by atoms with Gasteiger partial charge in [-0.1, -0.05) is 0 Å². The molecular weight excluding hydrogens is 318 g/mol. The number of hydrogen-bond acceptors (Lipinski definition) is 6. The highest BCUT2D eigenvalue weighted by atomic mass is 19.3. The molecule has 3 rings (SSSR count). The van der Waals surface area contributed by atoms with Gasteiger partial charge in [-0.3, -0.25) is 9.78 Å². The van der Waals surface area contributed by atoms with Crippen LogP contribution in [0.4, 0.5) is 26.2 Å². The van der Waals surface area contributed by atoms with Crippen molar-refractivity contribution in [3.05, 3.63) is 47.3 Å². The maximum Gasteiger partial charge on any atom is 0.262 e. The first kappa shape index (κ1) is 15.8. The highest BCUT2D eigenvalue weighted by Crippen LogP contribution is 2.23. The molecule has 2 N–H and O–H groups in total. The molecule has 3 aromatic rings. The van der Waals surface area contributed by atoms with E-state index in [1.807, 2.05) is 0 Å². The van der Waals surface area contributed by atoms with E-state index in [0.717, 1.165) is 4.57 Å². The molecule has 124 valence electrons. The van der Waals surface area contributed by atoms with Gasteiger partial charge in [0.15, 0.2) is 0 Å². The molecule has 0 aliphatic carbocycles. The van der Waals surface area contributed by atoms with Crippen LogP contribution in [0.3, 0.4) is 0 Å². The minimum absolute atomic E-state index is 0.255. The lowest BCUT2D eigenvalue weighted by Crippen LogP contribution is -2.23. The molecule has 0 fully saturated rings. The first-order valence-corrected chi connectivity index (χ1v) is 7.11. The molecule has 24 heavy (non-hydrogen) atoms. The summed E-state index contributed by atoms with van der Waals surface area (Å²) in [7, 11) is 1.61. The fourth-order valence-corrected chi connectivity index (χ4v) is 2.33. The zero-order valence-corrected chi connectivity index (χ0v) is 12.7. The van der Waals surface area contributed by atoms with Crippen molar-refractivity contribution in [3.63, 3.8) is 0 Å². The number of aromatic nitrogens is 4. The molecule has 7 nitrogen and oxygen atoms in total. The van der Waals surface area contributed by atoms with Crippen LogP contribution in [0.15, 0.2) is 41.7 Å². The van der Waals surface area contributed by atoms with Gasteiger partial charge in [0.05, 0.1) is 18.1 Å². The van der Waals surface area contributed by atoms with Gasteiger partial charge in [0.25, 0.3) is 12.0 Å². The van der Waals surface area contributed by atoms with Crippen molar-refractivity contribution in [2.24, 2.45) is 0 Å². The van der Waals surface area contributed by atoms with Gasteiger partial charge in [0, 0.05) is 25.6 Å². The average Bonchev–Trinajstić information content (AvgIpc) is 2.57. The van der Waals surface area contributed by atoms with Crippen LogP contribution in [0.1, 0.15) is 0 Å². The van der Waals surface area contributed by atoms with E-state index in [0.29, 0.717) is 22.8 Å². The molecule has 0 spiro atoms. The number of fused-ring (bicyclic) bond motifs is 1. The average molecular weight is 332 g/mol. The summed E-state index contributed by atoms with van der Waals surface area (Å²) < 4.78 is 26.1. The summed E-state index contributed by atoms with van der Waals surface area (Å²) in [5.41, 5.74) is -0.518. The van der Waals surface area contributed by atoms with Gasteiger partial charge in [0.1, 0.15) is 17.5 Å². The Morgan fingerprint density at radius 1 is 1.29 bits per heavy atom. The van der Waals surface area contributed by atoms with Crippen LogP contribution < -0.4 is 16.2 Å². The largest absolute Gasteiger partial charge is 0.372 e. The Kier molecular flexibility index (Phi) is 4.32. The second-order valence-corrected chi connectivity index (χ2v) is 4.95. The number of halogens is 2. The first-order chi connectivity index (χ1) is 11.6. The van der Waals surface area contributed by atoms with E-state index in [1.165, 1.54) is 18.6 Å². The minimum atomic E-state index is -2.61. The van der Waals surface area contributed by atoms with Crippen LogP contribution in [0.2, 0.25) is 0 Å². The number of hydrogen-bond donors (Lipinski definition) is 2. The van der Waals surface area contributed by atoms with Gasteiger partial charge in [-0.05, 0) is 17.5 Å². The summed E-state index contributed by atoms with van der Waals surface area (Å²) in [4.78, 5) is 24.8. The topological polar surface area (TPSA) is 84.7 Å². The van der Waals surface area contributed by atoms with E-state index < -0.39 is 18.5 Å². The smallest absolute Gasteiger partial charge is 0.262 e. The Labute approximate surface area is 135 Å². The van der Waals surface area contributed by atoms with Crippen molar-refractivity contribution in [1.82, 2.24) is 19.5 Å². The van der Waals surface area contributed by atoms with E-state index in [9.17, 15) is 13.6 Å². The van der Waals surface area contributed by atoms with Crippen molar-refractivity contribution in [1.29, 1.82) is 0 Å². The molecule has 0 atom stereocenters. The fourth-order valence-electron chi connectivity index (χ4n) is 2.33. The number of pyridine rings is 2. The number of alkyl halides is 2. The van der Waals surface area contributed by atoms with Gasteiger partial charge >= 0.3 is 0 Å². The fraction of sp³-hybridized carbons (Fsp3) is 0.200. The van der Waals surface area contributed by atoms with Crippen LogP contribution in [-0.4, -0.2) is 33.0 Å². The molecule has 0 aromatic carbocycles. The molecular formula is C15H14F2N6O. The normalized spacial score (nSPS) is 11.0. The van der Waals surface area contributed by atoms with Crippen molar-refractivity contribution in [3.8, 4) is 0 Å². The van der Waals surface area contributed by atoms with Crippen LogP contribution in [0.25, 0.3) is 10.8 Å². The van der Waals surface area contributed by atoms with Crippen molar-refractivity contribution < 1.29 is 8.78 Å². The molecule has 3 heterocycles. The maximum atomic E-state index is 12.6. The highest BCUT2D eigenvalue weighted by molar-refractivity contribution is 5.93. The molecule has 0 aliphatic rings. The highest BCUT2D eigenvalue weighted by Gasteiger charge is 2.13. The van der Waals surface area contributed by atoms with Crippen molar-refractivity contribution >= 4 is 28.2 Å². The monoisotopic (exact) mass is 332 g/mol. The lowest BCUT2D eigenvalue weighted by atomic mass is 10.2. The predicted octanol–water partition coefficient (Wildman–Crippen LogP) is 2.24. The van der Waals surface area contributed by atoms with Gasteiger partial charge in [-0.2, -0.15) is 0 Å². The summed E-state index contributed by atoms with van der Waals surface area (Å²) >= 11 is 0. The van der Waals surface area contributed by atoms with Crippen molar-refractivity contribution in [2.75, 3.05) is 17.7 Å². The molecule has 0 radical (unpaired) electrons. The summed E-state index contributed by atoms with van der Waals surface area (Å²) in [6.07, 6.45) is 3.35. The molecule has 0 unspecified atom stereocenters. The molecule has 9 heteroatoms. The zero-order valence-electron chi connectivity index (χ0n) is 12.7. The van der Waals surface area contributed by atoms with E-state index >= 15 is 0 Å². The number of anilines is 3. The second kappa shape index (κ2) is 6.57. The summed E-state index contributed by atoms with van der Waals surface area (Å²) in [5.74, 6) is 1.25. The Morgan fingerprint density at radius 3 is 2.79 bits per heavy atom. The Morgan fingerprint density at radius 2 is 2.12 bits per heavy atom. The standard InChI is InChI=1S/C15H14F2N6O/c1-18-14-13-9(2-5-23(15(13)24)8-10(16)17)6-11(22-14)21-12-7-19-3-4-20-12/h2-7,10H,8H2,1H3,(H2,18,20,21,22). The quantitative estimate of drug-likeness (QED) is 0.745. The Bertz CT molecular complexity index is 913. The molecule has 0 saturated carbocycles. The van der Waals surface area contributed by atoms with E-state index in [4.69, 9.17) is 0 Å². The predicted molar refractivity (Wildman–Crippen MR) is 86.9 cm³/mol. The molecule has 0 aliphatic heterocycles. The lowest BCUT2D eigenvalue weighted by Gasteiger charge is -2.12. The summed E-state index contributed by atoms with van der Waals surface area (Å²) in [6, 6.07) is 3.25. The molecule has 0 saturated heterocycles. The van der Waals surface area contributed by atoms with Gasteiger partial charge in [0.2, 0.25) is 0 Å².